The fourth-order valence-corrected chi connectivity index (χ4v) is 2.43. The van der Waals surface area contributed by atoms with E-state index in [9.17, 15) is 4.79 Å². The lowest BCUT2D eigenvalue weighted by Crippen LogP contribution is -2.40. The van der Waals surface area contributed by atoms with E-state index in [0.717, 1.165) is 30.1 Å². The Labute approximate surface area is 138 Å². The number of benzene rings is 1. The average molecular weight is 312 g/mol. The molecule has 0 bridgehead atoms. The Balaban J connectivity index is 2.15. The van der Waals surface area contributed by atoms with E-state index in [-0.39, 0.29) is 5.91 Å². The maximum atomic E-state index is 12.8. The van der Waals surface area contributed by atoms with E-state index in [4.69, 9.17) is 4.42 Å². The minimum absolute atomic E-state index is 0.0516. The normalized spacial score (nSPS) is 10.7. The lowest BCUT2D eigenvalue weighted by atomic mass is 10.2. The SMILES string of the molecule is C=C(C)CN(CC)CC(=O)N(Cc1ccco1)c1ccccc1. The first-order valence-electron chi connectivity index (χ1n) is 7.84. The second-order valence-electron chi connectivity index (χ2n) is 5.66. The minimum Gasteiger partial charge on any atom is -0.467 e. The second kappa shape index (κ2) is 8.34. The number of carbonyl (C=O) groups is 1. The highest BCUT2D eigenvalue weighted by molar-refractivity contribution is 5.94. The van der Waals surface area contributed by atoms with E-state index >= 15 is 0 Å². The Kier molecular flexibility index (Phi) is 6.18. The largest absolute Gasteiger partial charge is 0.467 e. The first-order chi connectivity index (χ1) is 11.1. The Hall–Kier alpha value is -2.33. The smallest absolute Gasteiger partial charge is 0.241 e. The van der Waals surface area contributed by atoms with Crippen molar-refractivity contribution >= 4 is 11.6 Å². The quantitative estimate of drug-likeness (QED) is 0.697. The van der Waals surface area contributed by atoms with Gasteiger partial charge in [0.25, 0.3) is 0 Å². The van der Waals surface area contributed by atoms with Crippen molar-refractivity contribution in [2.45, 2.75) is 20.4 Å². The molecular formula is C19H24N2O2. The van der Waals surface area contributed by atoms with Crippen LogP contribution in [0.3, 0.4) is 0 Å². The Morgan fingerprint density at radius 3 is 2.43 bits per heavy atom. The van der Waals surface area contributed by atoms with E-state index in [1.54, 1.807) is 11.2 Å². The molecule has 4 nitrogen and oxygen atoms in total. The summed E-state index contributed by atoms with van der Waals surface area (Å²) in [6.45, 7) is 10.3. The molecule has 2 aromatic rings. The van der Waals surface area contributed by atoms with Crippen LogP contribution in [0.5, 0.6) is 0 Å². The van der Waals surface area contributed by atoms with Crippen molar-refractivity contribution in [3.05, 3.63) is 66.6 Å². The summed E-state index contributed by atoms with van der Waals surface area (Å²) in [7, 11) is 0. The zero-order valence-corrected chi connectivity index (χ0v) is 13.9. The molecule has 0 saturated carbocycles. The van der Waals surface area contributed by atoms with Gasteiger partial charge in [0, 0.05) is 12.2 Å². The lowest BCUT2D eigenvalue weighted by molar-refractivity contribution is -0.119. The maximum absolute atomic E-state index is 12.8. The Bertz CT molecular complexity index is 620. The van der Waals surface area contributed by atoms with Crippen LogP contribution in [0.1, 0.15) is 19.6 Å². The van der Waals surface area contributed by atoms with Crippen LogP contribution in [0.15, 0.2) is 65.3 Å². The van der Waals surface area contributed by atoms with Gasteiger partial charge >= 0.3 is 0 Å². The molecule has 23 heavy (non-hydrogen) atoms. The van der Waals surface area contributed by atoms with Crippen molar-refractivity contribution in [1.82, 2.24) is 4.90 Å². The van der Waals surface area contributed by atoms with Gasteiger partial charge in [-0.3, -0.25) is 9.69 Å². The number of likely N-dealkylation sites (N-methyl/N-ethyl adjacent to an activating group) is 1. The molecule has 1 aromatic carbocycles. The number of amides is 1. The third kappa shape index (κ3) is 5.11. The number of hydrogen-bond acceptors (Lipinski definition) is 3. The summed E-state index contributed by atoms with van der Waals surface area (Å²) in [4.78, 5) is 16.7. The first kappa shape index (κ1) is 17.0. The monoisotopic (exact) mass is 312 g/mol. The van der Waals surface area contributed by atoms with Crippen LogP contribution in [0, 0.1) is 0 Å². The molecular weight excluding hydrogens is 288 g/mol. The molecule has 0 aliphatic heterocycles. The number of furan rings is 1. The highest BCUT2D eigenvalue weighted by Crippen LogP contribution is 2.18. The summed E-state index contributed by atoms with van der Waals surface area (Å²) in [5.41, 5.74) is 1.93. The van der Waals surface area contributed by atoms with Crippen LogP contribution >= 0.6 is 0 Å². The van der Waals surface area contributed by atoms with Gasteiger partial charge in [0.05, 0.1) is 19.4 Å². The van der Waals surface area contributed by atoms with Crippen molar-refractivity contribution < 1.29 is 9.21 Å². The van der Waals surface area contributed by atoms with Gasteiger partial charge in [0.2, 0.25) is 5.91 Å². The fraction of sp³-hybridized carbons (Fsp3) is 0.316. The van der Waals surface area contributed by atoms with Crippen LogP contribution in [0.25, 0.3) is 0 Å². The van der Waals surface area contributed by atoms with Gasteiger partial charge < -0.3 is 9.32 Å². The molecule has 0 radical (unpaired) electrons. The van der Waals surface area contributed by atoms with Gasteiger partial charge in [0.1, 0.15) is 5.76 Å². The van der Waals surface area contributed by atoms with E-state index in [0.29, 0.717) is 13.1 Å². The third-order valence-electron chi connectivity index (χ3n) is 3.56. The predicted octanol–water partition coefficient (Wildman–Crippen LogP) is 3.71. The standard InChI is InChI=1S/C19H24N2O2/c1-4-20(13-16(2)3)15-19(22)21(14-18-11-8-12-23-18)17-9-6-5-7-10-17/h5-12H,2,4,13-15H2,1,3H3. The van der Waals surface area contributed by atoms with Crippen molar-refractivity contribution in [3.8, 4) is 0 Å². The van der Waals surface area contributed by atoms with Crippen molar-refractivity contribution in [2.24, 2.45) is 0 Å². The minimum atomic E-state index is 0.0516. The highest BCUT2D eigenvalue weighted by atomic mass is 16.3. The molecule has 1 aromatic heterocycles. The molecule has 1 heterocycles. The molecule has 1 amide bonds. The van der Waals surface area contributed by atoms with Gasteiger partial charge in [-0.2, -0.15) is 0 Å². The predicted molar refractivity (Wildman–Crippen MR) is 93.3 cm³/mol. The number of hydrogen-bond donors (Lipinski definition) is 0. The van der Waals surface area contributed by atoms with Gasteiger partial charge in [-0.1, -0.05) is 37.3 Å². The highest BCUT2D eigenvalue weighted by Gasteiger charge is 2.19. The lowest BCUT2D eigenvalue weighted by Gasteiger charge is -2.26. The van der Waals surface area contributed by atoms with Crippen LogP contribution in [0.2, 0.25) is 0 Å². The number of anilines is 1. The van der Waals surface area contributed by atoms with Gasteiger partial charge in [-0.25, -0.2) is 0 Å². The maximum Gasteiger partial charge on any atom is 0.241 e. The van der Waals surface area contributed by atoms with Gasteiger partial charge in [-0.05, 0) is 37.7 Å². The van der Waals surface area contributed by atoms with Gasteiger partial charge in [-0.15, -0.1) is 0 Å². The molecule has 2 rings (SSSR count). The van der Waals surface area contributed by atoms with E-state index in [2.05, 4.69) is 18.4 Å². The summed E-state index contributed by atoms with van der Waals surface area (Å²) in [6.07, 6.45) is 1.63. The molecule has 0 fully saturated rings. The summed E-state index contributed by atoms with van der Waals surface area (Å²) < 4.78 is 5.41. The Morgan fingerprint density at radius 2 is 1.87 bits per heavy atom. The number of nitrogens with zero attached hydrogens (tertiary/aromatic N) is 2. The second-order valence-corrected chi connectivity index (χ2v) is 5.66. The molecule has 0 unspecified atom stereocenters. The number of para-hydroxylation sites is 1. The van der Waals surface area contributed by atoms with E-state index in [1.807, 2.05) is 49.4 Å². The van der Waals surface area contributed by atoms with Crippen molar-refractivity contribution in [2.75, 3.05) is 24.5 Å². The van der Waals surface area contributed by atoms with E-state index in [1.165, 1.54) is 0 Å². The van der Waals surface area contributed by atoms with Crippen LogP contribution in [-0.2, 0) is 11.3 Å². The fourth-order valence-electron chi connectivity index (χ4n) is 2.43. The van der Waals surface area contributed by atoms with Crippen molar-refractivity contribution in [1.29, 1.82) is 0 Å². The van der Waals surface area contributed by atoms with Gasteiger partial charge in [0.15, 0.2) is 0 Å². The van der Waals surface area contributed by atoms with Crippen LogP contribution in [0.4, 0.5) is 5.69 Å². The van der Waals surface area contributed by atoms with Crippen LogP contribution in [-0.4, -0.2) is 30.4 Å². The molecule has 0 aliphatic rings. The molecule has 4 heteroatoms. The zero-order chi connectivity index (χ0) is 16.7. The molecule has 122 valence electrons. The Morgan fingerprint density at radius 1 is 1.13 bits per heavy atom. The summed E-state index contributed by atoms with van der Waals surface area (Å²) in [5.74, 6) is 0.820. The summed E-state index contributed by atoms with van der Waals surface area (Å²) in [6, 6.07) is 13.4. The van der Waals surface area contributed by atoms with Crippen molar-refractivity contribution in [3.63, 3.8) is 0 Å². The number of carbonyl (C=O) groups excluding carboxylic acids is 1. The molecule has 0 atom stereocenters. The molecule has 0 aliphatic carbocycles. The molecule has 0 saturated heterocycles. The average Bonchev–Trinajstić information content (AvgIpc) is 3.05. The van der Waals surface area contributed by atoms with E-state index < -0.39 is 0 Å². The number of rotatable bonds is 8. The molecule has 0 N–H and O–H groups in total. The van der Waals surface area contributed by atoms with Crippen LogP contribution < -0.4 is 4.90 Å². The zero-order valence-electron chi connectivity index (χ0n) is 13.9. The topological polar surface area (TPSA) is 36.7 Å². The summed E-state index contributed by atoms with van der Waals surface area (Å²) >= 11 is 0. The third-order valence-corrected chi connectivity index (χ3v) is 3.56. The molecule has 0 spiro atoms. The summed E-state index contributed by atoms with van der Waals surface area (Å²) in [5, 5.41) is 0. The first-order valence-corrected chi connectivity index (χ1v) is 7.84.